The van der Waals surface area contributed by atoms with Crippen LogP contribution < -0.4 is 20.1 Å². The van der Waals surface area contributed by atoms with Gasteiger partial charge in [0.1, 0.15) is 0 Å². The first-order valence-electron chi connectivity index (χ1n) is 10.1. The molecule has 0 aliphatic heterocycles. The average Bonchev–Trinajstić information content (AvgIpc) is 2.67. The van der Waals surface area contributed by atoms with E-state index in [0.29, 0.717) is 22.7 Å². The minimum absolute atomic E-state index is 0.0351. The van der Waals surface area contributed by atoms with Crippen molar-refractivity contribution >= 4 is 17.5 Å². The normalized spacial score (nSPS) is 12.3. The van der Waals surface area contributed by atoms with Crippen molar-refractivity contribution in [3.8, 4) is 11.5 Å². The van der Waals surface area contributed by atoms with E-state index in [-0.39, 0.29) is 24.0 Å². The van der Waals surface area contributed by atoms with Gasteiger partial charge >= 0.3 is 0 Å². The number of anilines is 1. The Morgan fingerprint density at radius 1 is 0.967 bits per heavy atom. The van der Waals surface area contributed by atoms with Crippen LogP contribution in [0, 0.1) is 5.41 Å². The van der Waals surface area contributed by atoms with E-state index < -0.39 is 5.41 Å². The lowest BCUT2D eigenvalue weighted by Gasteiger charge is -2.19. The van der Waals surface area contributed by atoms with Gasteiger partial charge in [-0.3, -0.25) is 9.59 Å². The van der Waals surface area contributed by atoms with Gasteiger partial charge in [0.15, 0.2) is 11.5 Å². The Balaban J connectivity index is 2.12. The molecule has 0 aliphatic rings. The lowest BCUT2D eigenvalue weighted by atomic mass is 9.95. The summed E-state index contributed by atoms with van der Waals surface area (Å²) in [5, 5.41) is 5.84. The van der Waals surface area contributed by atoms with Crippen molar-refractivity contribution in [1.29, 1.82) is 0 Å². The van der Waals surface area contributed by atoms with Crippen molar-refractivity contribution in [2.75, 3.05) is 12.4 Å². The summed E-state index contributed by atoms with van der Waals surface area (Å²) in [6, 6.07) is 12.3. The molecular weight excluding hydrogens is 380 g/mol. The van der Waals surface area contributed by atoms with E-state index in [1.54, 1.807) is 31.4 Å². The molecule has 2 N–H and O–H groups in total. The van der Waals surface area contributed by atoms with Gasteiger partial charge < -0.3 is 20.1 Å². The third kappa shape index (κ3) is 6.24. The van der Waals surface area contributed by atoms with Crippen molar-refractivity contribution in [3.05, 3.63) is 53.6 Å². The second-order valence-electron chi connectivity index (χ2n) is 8.56. The van der Waals surface area contributed by atoms with E-state index in [1.807, 2.05) is 59.7 Å². The topological polar surface area (TPSA) is 76.7 Å². The first-order chi connectivity index (χ1) is 14.0. The average molecular weight is 413 g/mol. The number of rotatable bonds is 7. The van der Waals surface area contributed by atoms with Crippen LogP contribution in [0.1, 0.15) is 63.5 Å². The lowest BCUT2D eigenvalue weighted by molar-refractivity contribution is -0.123. The molecule has 1 unspecified atom stereocenters. The zero-order chi connectivity index (χ0) is 22.5. The van der Waals surface area contributed by atoms with Crippen LogP contribution in [-0.2, 0) is 4.79 Å². The minimum atomic E-state index is -0.517. The molecule has 0 radical (unpaired) electrons. The number of benzene rings is 2. The standard InChI is InChI=1S/C24H32N2O4/c1-15(2)30-20-12-11-17(14-21(20)29-7)16(3)25-22(27)18-9-8-10-19(13-18)26-23(28)24(4,5)6/h8-16H,1-7H3,(H,25,27)(H,26,28). The van der Waals surface area contributed by atoms with E-state index in [4.69, 9.17) is 9.47 Å². The van der Waals surface area contributed by atoms with Crippen molar-refractivity contribution in [2.45, 2.75) is 53.7 Å². The molecule has 0 fully saturated rings. The summed E-state index contributed by atoms with van der Waals surface area (Å²) in [5.74, 6) is 0.950. The van der Waals surface area contributed by atoms with Crippen molar-refractivity contribution < 1.29 is 19.1 Å². The summed E-state index contributed by atoms with van der Waals surface area (Å²) in [4.78, 5) is 24.9. The molecule has 2 aromatic rings. The van der Waals surface area contributed by atoms with Crippen LogP contribution in [0.5, 0.6) is 11.5 Å². The number of amides is 2. The highest BCUT2D eigenvalue weighted by molar-refractivity contribution is 5.98. The Morgan fingerprint density at radius 2 is 1.67 bits per heavy atom. The fourth-order valence-electron chi connectivity index (χ4n) is 2.72. The Bertz CT molecular complexity index is 900. The number of methoxy groups -OCH3 is 1. The molecule has 2 aromatic carbocycles. The molecule has 0 aliphatic carbocycles. The summed E-state index contributed by atoms with van der Waals surface area (Å²) < 4.78 is 11.2. The van der Waals surface area contributed by atoms with E-state index in [0.717, 1.165) is 5.56 Å². The van der Waals surface area contributed by atoms with Crippen molar-refractivity contribution in [3.63, 3.8) is 0 Å². The Labute approximate surface area is 179 Å². The largest absolute Gasteiger partial charge is 0.493 e. The van der Waals surface area contributed by atoms with E-state index in [1.165, 1.54) is 0 Å². The summed E-state index contributed by atoms with van der Waals surface area (Å²) in [5.41, 5.74) is 1.44. The Hall–Kier alpha value is -3.02. The highest BCUT2D eigenvalue weighted by Gasteiger charge is 2.21. The van der Waals surface area contributed by atoms with Crippen molar-refractivity contribution in [2.24, 2.45) is 5.41 Å². The number of carbonyl (C=O) groups is 2. The summed E-state index contributed by atoms with van der Waals surface area (Å²) in [6.45, 7) is 11.3. The van der Waals surface area contributed by atoms with Gasteiger partial charge in [0.2, 0.25) is 5.91 Å². The van der Waals surface area contributed by atoms with Crippen LogP contribution in [0.25, 0.3) is 0 Å². The molecule has 0 aromatic heterocycles. The number of hydrogen-bond donors (Lipinski definition) is 2. The van der Waals surface area contributed by atoms with Crippen LogP contribution in [-0.4, -0.2) is 25.0 Å². The molecule has 0 spiro atoms. The molecule has 2 amide bonds. The lowest BCUT2D eigenvalue weighted by Crippen LogP contribution is -2.28. The van der Waals surface area contributed by atoms with Gasteiger partial charge in [-0.2, -0.15) is 0 Å². The molecule has 6 nitrogen and oxygen atoms in total. The van der Waals surface area contributed by atoms with E-state index in [2.05, 4.69) is 10.6 Å². The fraction of sp³-hybridized carbons (Fsp3) is 0.417. The third-order valence-corrected chi connectivity index (χ3v) is 4.46. The number of nitrogens with one attached hydrogen (secondary N) is 2. The zero-order valence-electron chi connectivity index (χ0n) is 18.8. The van der Waals surface area contributed by atoms with Gasteiger partial charge in [-0.1, -0.05) is 32.9 Å². The number of ether oxygens (including phenoxy) is 2. The highest BCUT2D eigenvalue weighted by Crippen LogP contribution is 2.31. The van der Waals surface area contributed by atoms with Gasteiger partial charge in [-0.05, 0) is 56.7 Å². The maximum absolute atomic E-state index is 12.8. The van der Waals surface area contributed by atoms with Crippen LogP contribution >= 0.6 is 0 Å². The predicted molar refractivity (Wildman–Crippen MR) is 119 cm³/mol. The second-order valence-corrected chi connectivity index (χ2v) is 8.56. The first kappa shape index (κ1) is 23.3. The van der Waals surface area contributed by atoms with Gasteiger partial charge in [0.05, 0.1) is 19.3 Å². The maximum atomic E-state index is 12.8. The molecule has 162 valence electrons. The first-order valence-corrected chi connectivity index (χ1v) is 10.1. The van der Waals surface area contributed by atoms with Crippen LogP contribution in [0.15, 0.2) is 42.5 Å². The summed E-state index contributed by atoms with van der Waals surface area (Å²) in [6.07, 6.45) is 0.0351. The van der Waals surface area contributed by atoms with E-state index >= 15 is 0 Å². The maximum Gasteiger partial charge on any atom is 0.251 e. The predicted octanol–water partition coefficient (Wildman–Crippen LogP) is 4.96. The Kier molecular flexibility index (Phi) is 7.48. The molecule has 0 heterocycles. The quantitative estimate of drug-likeness (QED) is 0.674. The summed E-state index contributed by atoms with van der Waals surface area (Å²) in [7, 11) is 1.59. The minimum Gasteiger partial charge on any atom is -0.493 e. The van der Waals surface area contributed by atoms with Gasteiger partial charge in [-0.15, -0.1) is 0 Å². The smallest absolute Gasteiger partial charge is 0.251 e. The molecule has 0 bridgehead atoms. The monoisotopic (exact) mass is 412 g/mol. The van der Waals surface area contributed by atoms with Crippen LogP contribution in [0.4, 0.5) is 5.69 Å². The molecule has 30 heavy (non-hydrogen) atoms. The molecule has 0 saturated carbocycles. The summed E-state index contributed by atoms with van der Waals surface area (Å²) >= 11 is 0. The second kappa shape index (κ2) is 9.65. The zero-order valence-corrected chi connectivity index (χ0v) is 18.8. The fourth-order valence-corrected chi connectivity index (χ4v) is 2.72. The molecule has 6 heteroatoms. The Morgan fingerprint density at radius 3 is 2.27 bits per heavy atom. The van der Waals surface area contributed by atoms with Gasteiger partial charge in [0.25, 0.3) is 5.91 Å². The molecule has 2 rings (SSSR count). The molecule has 1 atom stereocenters. The molecule has 0 saturated heterocycles. The van der Waals surface area contributed by atoms with Crippen LogP contribution in [0.2, 0.25) is 0 Å². The van der Waals surface area contributed by atoms with E-state index in [9.17, 15) is 9.59 Å². The number of hydrogen-bond acceptors (Lipinski definition) is 4. The third-order valence-electron chi connectivity index (χ3n) is 4.46. The molecular formula is C24H32N2O4. The SMILES string of the molecule is COc1cc(C(C)NC(=O)c2cccc(NC(=O)C(C)(C)C)c2)ccc1OC(C)C. The van der Waals surface area contributed by atoms with Gasteiger partial charge in [0, 0.05) is 16.7 Å². The van der Waals surface area contributed by atoms with Crippen LogP contribution in [0.3, 0.4) is 0 Å². The number of carbonyl (C=O) groups excluding carboxylic acids is 2. The highest BCUT2D eigenvalue weighted by atomic mass is 16.5. The van der Waals surface area contributed by atoms with Gasteiger partial charge in [-0.25, -0.2) is 0 Å². The van der Waals surface area contributed by atoms with Crippen molar-refractivity contribution in [1.82, 2.24) is 5.32 Å².